The highest BCUT2D eigenvalue weighted by Crippen LogP contribution is 2.12. The Hall–Kier alpha value is -1.55. The molecular weight excluding hydrogens is 254 g/mol. The first-order valence-corrected chi connectivity index (χ1v) is 7.07. The van der Waals surface area contributed by atoms with Gasteiger partial charge in [-0.1, -0.05) is 0 Å². The van der Waals surface area contributed by atoms with Gasteiger partial charge >= 0.3 is 5.97 Å². The molecule has 0 saturated heterocycles. The standard InChI is InChI=1S/C16H25NO3/c1-6-19-14-9-7-13(8-10-14)15(18)20-12-11-17(5)16(2,3)4/h7-10H,6,11-12H2,1-5H3/p+1. The van der Waals surface area contributed by atoms with Gasteiger partial charge in [-0.3, -0.25) is 0 Å². The van der Waals surface area contributed by atoms with Crippen molar-refractivity contribution in [1.82, 2.24) is 0 Å². The summed E-state index contributed by atoms with van der Waals surface area (Å²) in [7, 11) is 2.10. The number of likely N-dealkylation sites (N-methyl/N-ethyl adjacent to an activating group) is 1. The number of benzene rings is 1. The van der Waals surface area contributed by atoms with Crippen molar-refractivity contribution in [2.75, 3.05) is 26.8 Å². The summed E-state index contributed by atoms with van der Waals surface area (Å²) >= 11 is 0. The first-order chi connectivity index (χ1) is 9.34. The monoisotopic (exact) mass is 280 g/mol. The summed E-state index contributed by atoms with van der Waals surface area (Å²) in [4.78, 5) is 13.2. The molecule has 1 rings (SSSR count). The highest BCUT2D eigenvalue weighted by molar-refractivity contribution is 5.89. The van der Waals surface area contributed by atoms with Crippen molar-refractivity contribution in [2.45, 2.75) is 33.2 Å². The zero-order chi connectivity index (χ0) is 15.2. The molecule has 1 atom stereocenters. The molecule has 0 saturated carbocycles. The van der Waals surface area contributed by atoms with E-state index < -0.39 is 0 Å². The Morgan fingerprint density at radius 1 is 1.20 bits per heavy atom. The molecule has 1 aromatic rings. The summed E-state index contributed by atoms with van der Waals surface area (Å²) in [6, 6.07) is 7.03. The second-order valence-electron chi connectivity index (χ2n) is 5.87. The summed E-state index contributed by atoms with van der Waals surface area (Å²) in [5.74, 6) is 0.482. The lowest BCUT2D eigenvalue weighted by atomic mass is 10.1. The first kappa shape index (κ1) is 16.5. The summed E-state index contributed by atoms with van der Waals surface area (Å²) in [6.45, 7) is 10.3. The second kappa shape index (κ2) is 7.29. The number of carbonyl (C=O) groups is 1. The second-order valence-corrected chi connectivity index (χ2v) is 5.87. The van der Waals surface area contributed by atoms with Gasteiger partial charge < -0.3 is 14.4 Å². The third kappa shape index (κ3) is 5.21. The van der Waals surface area contributed by atoms with Gasteiger partial charge in [-0.25, -0.2) is 4.79 Å². The fraction of sp³-hybridized carbons (Fsp3) is 0.562. The minimum atomic E-state index is -0.283. The van der Waals surface area contributed by atoms with Gasteiger partial charge in [0.1, 0.15) is 18.9 Å². The van der Waals surface area contributed by atoms with Gasteiger partial charge in [0.05, 0.1) is 24.8 Å². The fourth-order valence-corrected chi connectivity index (χ4v) is 1.61. The maximum absolute atomic E-state index is 11.9. The lowest BCUT2D eigenvalue weighted by Crippen LogP contribution is -3.16. The highest BCUT2D eigenvalue weighted by atomic mass is 16.5. The zero-order valence-corrected chi connectivity index (χ0v) is 13.2. The Kier molecular flexibility index (Phi) is 6.02. The minimum Gasteiger partial charge on any atom is -0.494 e. The third-order valence-corrected chi connectivity index (χ3v) is 3.39. The van der Waals surface area contributed by atoms with Crippen LogP contribution in [-0.4, -0.2) is 38.3 Å². The average molecular weight is 280 g/mol. The molecule has 0 bridgehead atoms. The van der Waals surface area contributed by atoms with E-state index in [1.165, 1.54) is 4.90 Å². The first-order valence-electron chi connectivity index (χ1n) is 7.07. The molecule has 0 aliphatic heterocycles. The molecular formula is C16H26NO3+. The predicted molar refractivity (Wildman–Crippen MR) is 79.4 cm³/mol. The molecule has 4 heteroatoms. The van der Waals surface area contributed by atoms with Gasteiger partial charge in [-0.2, -0.15) is 0 Å². The van der Waals surface area contributed by atoms with Gasteiger partial charge in [0.25, 0.3) is 0 Å². The van der Waals surface area contributed by atoms with Crippen LogP contribution >= 0.6 is 0 Å². The van der Waals surface area contributed by atoms with Crippen molar-refractivity contribution in [1.29, 1.82) is 0 Å². The van der Waals surface area contributed by atoms with Gasteiger partial charge in [0, 0.05) is 0 Å². The third-order valence-electron chi connectivity index (χ3n) is 3.39. The molecule has 1 unspecified atom stereocenters. The van der Waals surface area contributed by atoms with Crippen LogP contribution in [0.15, 0.2) is 24.3 Å². The number of carbonyl (C=O) groups excluding carboxylic acids is 1. The lowest BCUT2D eigenvalue weighted by molar-refractivity contribution is -0.927. The van der Waals surface area contributed by atoms with Crippen molar-refractivity contribution in [3.8, 4) is 5.75 Å². The van der Waals surface area contributed by atoms with E-state index in [1.807, 2.05) is 6.92 Å². The summed E-state index contributed by atoms with van der Waals surface area (Å²) in [5.41, 5.74) is 0.716. The molecule has 0 heterocycles. The van der Waals surface area contributed by atoms with E-state index in [2.05, 4.69) is 27.8 Å². The molecule has 0 aliphatic rings. The largest absolute Gasteiger partial charge is 0.494 e. The quantitative estimate of drug-likeness (QED) is 0.804. The van der Waals surface area contributed by atoms with E-state index in [4.69, 9.17) is 9.47 Å². The maximum atomic E-state index is 11.9. The van der Waals surface area contributed by atoms with Gasteiger partial charge in [-0.15, -0.1) is 0 Å². The molecule has 0 fully saturated rings. The van der Waals surface area contributed by atoms with Gasteiger partial charge in [0.15, 0.2) is 0 Å². The lowest BCUT2D eigenvalue weighted by Gasteiger charge is -2.28. The molecule has 20 heavy (non-hydrogen) atoms. The Labute approximate surface area is 121 Å². The van der Waals surface area contributed by atoms with Gasteiger partial charge in [0.2, 0.25) is 0 Å². The van der Waals surface area contributed by atoms with Crippen LogP contribution in [0.25, 0.3) is 0 Å². The molecule has 0 spiro atoms. The fourth-order valence-electron chi connectivity index (χ4n) is 1.61. The Morgan fingerprint density at radius 3 is 2.30 bits per heavy atom. The van der Waals surface area contributed by atoms with E-state index >= 15 is 0 Å². The predicted octanol–water partition coefficient (Wildman–Crippen LogP) is 1.56. The van der Waals surface area contributed by atoms with Crippen LogP contribution in [0, 0.1) is 0 Å². The summed E-state index contributed by atoms with van der Waals surface area (Å²) < 4.78 is 10.6. The number of hydrogen-bond acceptors (Lipinski definition) is 3. The number of quaternary nitrogens is 1. The van der Waals surface area contributed by atoms with Crippen LogP contribution in [0.4, 0.5) is 0 Å². The molecule has 0 aliphatic carbocycles. The molecule has 112 valence electrons. The molecule has 4 nitrogen and oxygen atoms in total. The van der Waals surface area contributed by atoms with Crippen molar-refractivity contribution in [3.63, 3.8) is 0 Å². The van der Waals surface area contributed by atoms with Crippen LogP contribution in [0.2, 0.25) is 0 Å². The average Bonchev–Trinajstić information content (AvgIpc) is 2.38. The topological polar surface area (TPSA) is 40.0 Å². The number of hydrogen-bond donors (Lipinski definition) is 1. The van der Waals surface area contributed by atoms with Gasteiger partial charge in [-0.05, 0) is 52.0 Å². The van der Waals surface area contributed by atoms with Crippen LogP contribution in [0.3, 0.4) is 0 Å². The summed E-state index contributed by atoms with van der Waals surface area (Å²) in [5, 5.41) is 0. The van der Waals surface area contributed by atoms with E-state index in [1.54, 1.807) is 24.3 Å². The molecule has 0 radical (unpaired) electrons. The SMILES string of the molecule is CCOc1ccc(C(=O)OCC[NH+](C)C(C)(C)C)cc1. The minimum absolute atomic E-state index is 0.158. The Bertz CT molecular complexity index is 420. The normalized spacial score (nSPS) is 12.8. The smallest absolute Gasteiger partial charge is 0.338 e. The summed E-state index contributed by atoms with van der Waals surface area (Å²) in [6.07, 6.45) is 0. The Balaban J connectivity index is 2.43. The van der Waals surface area contributed by atoms with Crippen LogP contribution in [0.1, 0.15) is 38.1 Å². The van der Waals surface area contributed by atoms with Crippen LogP contribution < -0.4 is 9.64 Å². The number of rotatable bonds is 6. The number of ether oxygens (including phenoxy) is 2. The van der Waals surface area contributed by atoms with Crippen molar-refractivity contribution < 1.29 is 19.2 Å². The number of nitrogens with one attached hydrogen (secondary N) is 1. The van der Waals surface area contributed by atoms with E-state index in [9.17, 15) is 4.79 Å². The highest BCUT2D eigenvalue weighted by Gasteiger charge is 2.20. The van der Waals surface area contributed by atoms with E-state index in [-0.39, 0.29) is 11.5 Å². The zero-order valence-electron chi connectivity index (χ0n) is 13.2. The van der Waals surface area contributed by atoms with E-state index in [0.29, 0.717) is 18.8 Å². The molecule has 0 amide bonds. The molecule has 1 N–H and O–H groups in total. The van der Waals surface area contributed by atoms with Crippen molar-refractivity contribution in [3.05, 3.63) is 29.8 Å². The van der Waals surface area contributed by atoms with Crippen molar-refractivity contribution >= 4 is 5.97 Å². The maximum Gasteiger partial charge on any atom is 0.338 e. The molecule has 0 aromatic heterocycles. The van der Waals surface area contributed by atoms with Crippen molar-refractivity contribution in [2.24, 2.45) is 0 Å². The molecule has 1 aromatic carbocycles. The Morgan fingerprint density at radius 2 is 1.80 bits per heavy atom. The van der Waals surface area contributed by atoms with Crippen LogP contribution in [0.5, 0.6) is 5.75 Å². The van der Waals surface area contributed by atoms with Crippen LogP contribution in [-0.2, 0) is 4.74 Å². The number of esters is 1. The van der Waals surface area contributed by atoms with E-state index in [0.717, 1.165) is 12.3 Å².